The van der Waals surface area contributed by atoms with Crippen molar-refractivity contribution >= 4 is 0 Å². The first-order valence-electron chi connectivity index (χ1n) is 5.50. The summed E-state index contributed by atoms with van der Waals surface area (Å²) in [6.45, 7) is 8.50. The van der Waals surface area contributed by atoms with Gasteiger partial charge in [-0.3, -0.25) is 4.98 Å². The van der Waals surface area contributed by atoms with Crippen molar-refractivity contribution in [1.82, 2.24) is 4.98 Å². The molecule has 0 amide bonds. The van der Waals surface area contributed by atoms with Crippen molar-refractivity contribution in [2.45, 2.75) is 46.6 Å². The first-order valence-corrected chi connectivity index (χ1v) is 5.50. The fourth-order valence-corrected chi connectivity index (χ4v) is 1.47. The number of aryl methyl sites for hydroxylation is 1. The Kier molecular flexibility index (Phi) is 3.86. The van der Waals surface area contributed by atoms with Crippen molar-refractivity contribution in [2.75, 3.05) is 0 Å². The van der Waals surface area contributed by atoms with Gasteiger partial charge in [0, 0.05) is 5.69 Å². The van der Waals surface area contributed by atoms with E-state index < -0.39 is 6.10 Å². The number of hydrogen-bond acceptors (Lipinski definition) is 2. The summed E-state index contributed by atoms with van der Waals surface area (Å²) in [4.78, 5) is 4.32. The maximum Gasteiger partial charge on any atom is 0.0960 e. The van der Waals surface area contributed by atoms with Gasteiger partial charge in [-0.1, -0.05) is 26.8 Å². The Morgan fingerprint density at radius 2 is 2.00 bits per heavy atom. The minimum atomic E-state index is -0.427. The Bertz CT molecular complexity index is 315. The van der Waals surface area contributed by atoms with Crippen LogP contribution in [0.15, 0.2) is 18.2 Å². The van der Waals surface area contributed by atoms with E-state index in [1.54, 1.807) is 0 Å². The molecule has 1 atom stereocenters. The molecule has 0 saturated carbocycles. The van der Waals surface area contributed by atoms with Crippen molar-refractivity contribution in [3.63, 3.8) is 0 Å². The van der Waals surface area contributed by atoms with Crippen LogP contribution in [-0.4, -0.2) is 10.1 Å². The third-order valence-electron chi connectivity index (χ3n) is 2.42. The summed E-state index contributed by atoms with van der Waals surface area (Å²) < 4.78 is 0. The number of aliphatic hydroxyl groups excluding tert-OH is 1. The Balaban J connectivity index is 2.58. The van der Waals surface area contributed by atoms with E-state index in [0.717, 1.165) is 24.2 Å². The van der Waals surface area contributed by atoms with Gasteiger partial charge in [0.15, 0.2) is 0 Å². The largest absolute Gasteiger partial charge is 0.387 e. The first kappa shape index (κ1) is 12.2. The molecule has 2 nitrogen and oxygen atoms in total. The Morgan fingerprint density at radius 3 is 2.53 bits per heavy atom. The normalized spacial score (nSPS) is 13.9. The highest BCUT2D eigenvalue weighted by Crippen LogP contribution is 2.26. The molecular weight excluding hydrogens is 186 g/mol. The molecule has 1 aromatic rings. The number of aliphatic hydroxyl groups is 1. The lowest BCUT2D eigenvalue weighted by Gasteiger charge is -2.20. The molecule has 0 saturated heterocycles. The molecule has 0 aliphatic heterocycles. The Hall–Kier alpha value is -0.890. The summed E-state index contributed by atoms with van der Waals surface area (Å²) in [5, 5.41) is 9.95. The van der Waals surface area contributed by atoms with Crippen LogP contribution in [0, 0.1) is 12.3 Å². The molecule has 1 rings (SSSR count). The van der Waals surface area contributed by atoms with Crippen LogP contribution >= 0.6 is 0 Å². The summed E-state index contributed by atoms with van der Waals surface area (Å²) in [5.74, 6) is 0. The van der Waals surface area contributed by atoms with Gasteiger partial charge in [-0.05, 0) is 37.3 Å². The number of aromatic nitrogens is 1. The highest BCUT2D eigenvalue weighted by molar-refractivity contribution is 5.11. The summed E-state index contributed by atoms with van der Waals surface area (Å²) in [6, 6.07) is 5.78. The highest BCUT2D eigenvalue weighted by Gasteiger charge is 2.15. The van der Waals surface area contributed by atoms with Crippen LogP contribution in [0.3, 0.4) is 0 Å². The minimum Gasteiger partial charge on any atom is -0.387 e. The van der Waals surface area contributed by atoms with Crippen molar-refractivity contribution in [3.05, 3.63) is 29.6 Å². The van der Waals surface area contributed by atoms with Gasteiger partial charge in [-0.25, -0.2) is 0 Å². The van der Waals surface area contributed by atoms with Crippen LogP contribution in [0.5, 0.6) is 0 Å². The lowest BCUT2D eigenvalue weighted by molar-refractivity contribution is 0.143. The van der Waals surface area contributed by atoms with E-state index >= 15 is 0 Å². The van der Waals surface area contributed by atoms with Gasteiger partial charge in [0.05, 0.1) is 11.8 Å². The summed E-state index contributed by atoms with van der Waals surface area (Å²) in [5.41, 5.74) is 2.02. The van der Waals surface area contributed by atoms with E-state index in [1.807, 2.05) is 25.1 Å². The van der Waals surface area contributed by atoms with E-state index in [-0.39, 0.29) is 5.41 Å². The quantitative estimate of drug-likeness (QED) is 0.825. The topological polar surface area (TPSA) is 33.1 Å². The first-order chi connectivity index (χ1) is 6.88. The van der Waals surface area contributed by atoms with Crippen LogP contribution in [-0.2, 0) is 0 Å². The molecule has 2 heteroatoms. The zero-order chi connectivity index (χ0) is 11.5. The van der Waals surface area contributed by atoms with E-state index in [1.165, 1.54) is 0 Å². The molecule has 1 unspecified atom stereocenters. The molecule has 1 aromatic heterocycles. The smallest absolute Gasteiger partial charge is 0.0960 e. The lowest BCUT2D eigenvalue weighted by atomic mass is 9.89. The maximum atomic E-state index is 9.95. The van der Waals surface area contributed by atoms with Crippen LogP contribution in [0.1, 0.15) is 51.1 Å². The van der Waals surface area contributed by atoms with Gasteiger partial charge in [-0.2, -0.15) is 0 Å². The molecule has 0 aliphatic carbocycles. The van der Waals surface area contributed by atoms with Crippen LogP contribution < -0.4 is 0 Å². The highest BCUT2D eigenvalue weighted by atomic mass is 16.3. The van der Waals surface area contributed by atoms with E-state index in [0.29, 0.717) is 0 Å². The maximum absolute atomic E-state index is 9.95. The second-order valence-electron chi connectivity index (χ2n) is 5.32. The van der Waals surface area contributed by atoms with Gasteiger partial charge in [0.2, 0.25) is 0 Å². The van der Waals surface area contributed by atoms with Crippen molar-refractivity contribution in [1.29, 1.82) is 0 Å². The standard InChI is InChI=1S/C13H21NO/c1-10-6-5-7-11(14-10)12(15)8-9-13(2,3)4/h5-7,12,15H,8-9H2,1-4H3. The SMILES string of the molecule is Cc1cccc(C(O)CCC(C)(C)C)n1. The minimum absolute atomic E-state index is 0.269. The zero-order valence-electron chi connectivity index (χ0n) is 10.1. The second kappa shape index (κ2) is 4.75. The van der Waals surface area contributed by atoms with Crippen molar-refractivity contribution in [2.24, 2.45) is 5.41 Å². The monoisotopic (exact) mass is 207 g/mol. The molecular formula is C13H21NO. The number of rotatable bonds is 3. The molecule has 0 radical (unpaired) electrons. The third-order valence-corrected chi connectivity index (χ3v) is 2.42. The molecule has 0 bridgehead atoms. The molecule has 0 spiro atoms. The third kappa shape index (κ3) is 4.43. The van der Waals surface area contributed by atoms with Crippen LogP contribution in [0.25, 0.3) is 0 Å². The van der Waals surface area contributed by atoms with Gasteiger partial charge in [0.1, 0.15) is 0 Å². The molecule has 1 heterocycles. The zero-order valence-corrected chi connectivity index (χ0v) is 10.1. The predicted molar refractivity (Wildman–Crippen MR) is 62.6 cm³/mol. The Labute approximate surface area is 92.4 Å². The fraction of sp³-hybridized carbons (Fsp3) is 0.615. The average molecular weight is 207 g/mol. The van der Waals surface area contributed by atoms with Crippen LogP contribution in [0.4, 0.5) is 0 Å². The Morgan fingerprint density at radius 1 is 1.33 bits per heavy atom. The van der Waals surface area contributed by atoms with E-state index in [2.05, 4.69) is 25.8 Å². The molecule has 15 heavy (non-hydrogen) atoms. The van der Waals surface area contributed by atoms with Gasteiger partial charge in [0.25, 0.3) is 0 Å². The van der Waals surface area contributed by atoms with Crippen molar-refractivity contribution in [3.8, 4) is 0 Å². The van der Waals surface area contributed by atoms with E-state index in [4.69, 9.17) is 0 Å². The van der Waals surface area contributed by atoms with E-state index in [9.17, 15) is 5.11 Å². The van der Waals surface area contributed by atoms with Crippen LogP contribution in [0.2, 0.25) is 0 Å². The molecule has 1 N–H and O–H groups in total. The number of hydrogen-bond donors (Lipinski definition) is 1. The molecule has 0 aliphatic rings. The van der Waals surface area contributed by atoms with Crippen molar-refractivity contribution < 1.29 is 5.11 Å². The van der Waals surface area contributed by atoms with Gasteiger partial charge >= 0.3 is 0 Å². The molecule has 0 aromatic carbocycles. The molecule has 0 fully saturated rings. The number of pyridine rings is 1. The number of nitrogens with zero attached hydrogens (tertiary/aromatic N) is 1. The second-order valence-corrected chi connectivity index (χ2v) is 5.32. The predicted octanol–water partition coefficient (Wildman–Crippen LogP) is 3.25. The summed E-state index contributed by atoms with van der Waals surface area (Å²) >= 11 is 0. The van der Waals surface area contributed by atoms with Gasteiger partial charge < -0.3 is 5.11 Å². The van der Waals surface area contributed by atoms with Gasteiger partial charge in [-0.15, -0.1) is 0 Å². The lowest BCUT2D eigenvalue weighted by Crippen LogP contribution is -2.09. The summed E-state index contributed by atoms with van der Waals surface area (Å²) in [7, 11) is 0. The summed E-state index contributed by atoms with van der Waals surface area (Å²) in [6.07, 6.45) is 1.35. The fourth-order valence-electron chi connectivity index (χ4n) is 1.47. The average Bonchev–Trinajstić information content (AvgIpc) is 2.13. The molecule has 84 valence electrons.